The zero-order chi connectivity index (χ0) is 17.8. The number of amides is 1. The van der Waals surface area contributed by atoms with Crippen molar-refractivity contribution in [2.75, 3.05) is 13.1 Å². The van der Waals surface area contributed by atoms with Crippen molar-refractivity contribution in [1.29, 1.82) is 0 Å². The molecule has 1 fully saturated rings. The first-order chi connectivity index (χ1) is 12.0. The van der Waals surface area contributed by atoms with Crippen molar-refractivity contribution in [3.8, 4) is 0 Å². The average molecular weight is 341 g/mol. The summed E-state index contributed by atoms with van der Waals surface area (Å²) < 4.78 is 5.56. The number of aryl methyl sites for hydroxylation is 2. The van der Waals surface area contributed by atoms with Gasteiger partial charge in [-0.15, -0.1) is 0 Å². The van der Waals surface area contributed by atoms with Crippen molar-refractivity contribution < 1.29 is 9.21 Å². The van der Waals surface area contributed by atoms with Crippen molar-refractivity contribution in [3.63, 3.8) is 0 Å². The first-order valence-electron chi connectivity index (χ1n) is 9.05. The zero-order valence-electron chi connectivity index (χ0n) is 15.3. The number of nitrogens with zero attached hydrogens (tertiary/aromatic N) is 1. The predicted octanol–water partition coefficient (Wildman–Crippen LogP) is 3.12. The van der Waals surface area contributed by atoms with Gasteiger partial charge in [-0.3, -0.25) is 4.79 Å². The minimum absolute atomic E-state index is 0.0338. The Bertz CT molecular complexity index is 732. The van der Waals surface area contributed by atoms with Crippen molar-refractivity contribution in [2.24, 2.45) is 0 Å². The number of hydrogen-bond donors (Lipinski definition) is 2. The van der Waals surface area contributed by atoms with Crippen LogP contribution in [0.4, 0.5) is 0 Å². The second-order valence-corrected chi connectivity index (χ2v) is 7.10. The quantitative estimate of drug-likeness (QED) is 0.877. The molecule has 2 aromatic rings. The van der Waals surface area contributed by atoms with Crippen LogP contribution < -0.4 is 10.6 Å². The average Bonchev–Trinajstić information content (AvgIpc) is 3.08. The van der Waals surface area contributed by atoms with Crippen LogP contribution in [0.25, 0.3) is 0 Å². The molecule has 0 bridgehead atoms. The first kappa shape index (κ1) is 17.7. The Morgan fingerprint density at radius 1 is 1.36 bits per heavy atom. The van der Waals surface area contributed by atoms with Gasteiger partial charge in [-0.1, -0.05) is 23.8 Å². The minimum Gasteiger partial charge on any atom is -0.447 e. The van der Waals surface area contributed by atoms with Gasteiger partial charge >= 0.3 is 0 Å². The monoisotopic (exact) mass is 341 g/mol. The molecule has 2 heterocycles. The van der Waals surface area contributed by atoms with Crippen LogP contribution in [0, 0.1) is 13.8 Å². The molecular weight excluding hydrogens is 314 g/mol. The molecular formula is C20H27N3O2. The summed E-state index contributed by atoms with van der Waals surface area (Å²) in [7, 11) is 0. The van der Waals surface area contributed by atoms with Gasteiger partial charge in [0.05, 0.1) is 0 Å². The standard InChI is InChI=1S/C20H27N3O2/c1-13-4-5-17(14(2)10-13)11-15(3)23-20(24)18-19(25-12-22-18)16-6-8-21-9-7-16/h4-5,10,12,15-16,21H,6-9,11H2,1-3H3,(H,23,24). The van der Waals surface area contributed by atoms with Crippen LogP contribution in [0.3, 0.4) is 0 Å². The maximum Gasteiger partial charge on any atom is 0.273 e. The van der Waals surface area contributed by atoms with E-state index in [1.54, 1.807) is 0 Å². The normalized spacial score (nSPS) is 16.6. The summed E-state index contributed by atoms with van der Waals surface area (Å²) in [5.74, 6) is 0.872. The highest BCUT2D eigenvalue weighted by Crippen LogP contribution is 2.27. The van der Waals surface area contributed by atoms with E-state index in [2.05, 4.69) is 47.7 Å². The van der Waals surface area contributed by atoms with Gasteiger partial charge in [0.2, 0.25) is 0 Å². The van der Waals surface area contributed by atoms with Crippen LogP contribution in [0.5, 0.6) is 0 Å². The summed E-state index contributed by atoms with van der Waals surface area (Å²) in [4.78, 5) is 16.8. The molecule has 25 heavy (non-hydrogen) atoms. The third kappa shape index (κ3) is 4.28. The summed E-state index contributed by atoms with van der Waals surface area (Å²) in [5.41, 5.74) is 4.22. The van der Waals surface area contributed by atoms with E-state index >= 15 is 0 Å². The number of carbonyl (C=O) groups excluding carboxylic acids is 1. The van der Waals surface area contributed by atoms with Gasteiger partial charge in [-0.2, -0.15) is 0 Å². The molecule has 1 atom stereocenters. The van der Waals surface area contributed by atoms with Gasteiger partial charge in [0, 0.05) is 12.0 Å². The van der Waals surface area contributed by atoms with Crippen molar-refractivity contribution in [1.82, 2.24) is 15.6 Å². The molecule has 1 aromatic carbocycles. The Kier molecular flexibility index (Phi) is 5.53. The second-order valence-electron chi connectivity index (χ2n) is 7.10. The number of rotatable bonds is 5. The molecule has 1 unspecified atom stereocenters. The highest BCUT2D eigenvalue weighted by molar-refractivity contribution is 5.93. The molecule has 1 aromatic heterocycles. The smallest absolute Gasteiger partial charge is 0.273 e. The minimum atomic E-state index is -0.139. The summed E-state index contributed by atoms with van der Waals surface area (Å²) in [6.07, 6.45) is 4.15. The summed E-state index contributed by atoms with van der Waals surface area (Å²) in [5, 5.41) is 6.41. The van der Waals surface area contributed by atoms with E-state index in [-0.39, 0.29) is 17.9 Å². The summed E-state index contributed by atoms with van der Waals surface area (Å²) in [6.45, 7) is 8.14. The molecule has 5 heteroatoms. The van der Waals surface area contributed by atoms with E-state index < -0.39 is 0 Å². The fourth-order valence-electron chi connectivity index (χ4n) is 3.55. The van der Waals surface area contributed by atoms with Crippen LogP contribution in [0.1, 0.15) is 58.6 Å². The van der Waals surface area contributed by atoms with Crippen LogP contribution in [0.15, 0.2) is 29.0 Å². The highest BCUT2D eigenvalue weighted by Gasteiger charge is 2.26. The molecule has 1 amide bonds. The van der Waals surface area contributed by atoms with Gasteiger partial charge in [-0.05, 0) is 64.3 Å². The van der Waals surface area contributed by atoms with Gasteiger partial charge in [0.25, 0.3) is 5.91 Å². The lowest BCUT2D eigenvalue weighted by Gasteiger charge is -2.21. The van der Waals surface area contributed by atoms with Gasteiger partial charge in [0.15, 0.2) is 12.1 Å². The number of hydrogen-bond acceptors (Lipinski definition) is 4. The van der Waals surface area contributed by atoms with E-state index in [4.69, 9.17) is 4.42 Å². The molecule has 3 rings (SSSR count). The highest BCUT2D eigenvalue weighted by atomic mass is 16.3. The Labute approximate surface area is 149 Å². The lowest BCUT2D eigenvalue weighted by atomic mass is 9.94. The van der Waals surface area contributed by atoms with Crippen LogP contribution in [0.2, 0.25) is 0 Å². The predicted molar refractivity (Wildman–Crippen MR) is 97.9 cm³/mol. The Morgan fingerprint density at radius 2 is 2.12 bits per heavy atom. The Balaban J connectivity index is 1.65. The molecule has 5 nitrogen and oxygen atoms in total. The first-order valence-corrected chi connectivity index (χ1v) is 9.05. The van der Waals surface area contributed by atoms with Crippen LogP contribution in [-0.2, 0) is 6.42 Å². The molecule has 1 saturated heterocycles. The van der Waals surface area contributed by atoms with Crippen LogP contribution >= 0.6 is 0 Å². The fourth-order valence-corrected chi connectivity index (χ4v) is 3.55. The molecule has 0 saturated carbocycles. The molecule has 1 aliphatic rings. The maximum absolute atomic E-state index is 12.7. The number of benzene rings is 1. The molecule has 0 spiro atoms. The van der Waals surface area contributed by atoms with E-state index in [9.17, 15) is 4.79 Å². The molecule has 0 radical (unpaired) electrons. The van der Waals surface area contributed by atoms with Crippen molar-refractivity contribution in [3.05, 3.63) is 52.7 Å². The fraction of sp³-hybridized carbons (Fsp3) is 0.500. The number of piperidine rings is 1. The number of aromatic nitrogens is 1. The number of oxazole rings is 1. The number of nitrogens with one attached hydrogen (secondary N) is 2. The maximum atomic E-state index is 12.7. The van der Waals surface area contributed by atoms with Crippen molar-refractivity contribution in [2.45, 2.75) is 52.0 Å². The third-order valence-electron chi connectivity index (χ3n) is 4.92. The van der Waals surface area contributed by atoms with Crippen molar-refractivity contribution >= 4 is 5.91 Å². The van der Waals surface area contributed by atoms with E-state index in [0.717, 1.165) is 38.1 Å². The molecule has 2 N–H and O–H groups in total. The largest absolute Gasteiger partial charge is 0.447 e. The van der Waals surface area contributed by atoms with Crippen LogP contribution in [-0.4, -0.2) is 30.0 Å². The van der Waals surface area contributed by atoms with Gasteiger partial charge in [0.1, 0.15) is 5.76 Å². The molecule has 134 valence electrons. The topological polar surface area (TPSA) is 67.2 Å². The van der Waals surface area contributed by atoms with E-state index in [0.29, 0.717) is 5.69 Å². The lowest BCUT2D eigenvalue weighted by Crippen LogP contribution is -2.35. The summed E-state index contributed by atoms with van der Waals surface area (Å²) in [6, 6.07) is 6.47. The molecule has 0 aliphatic carbocycles. The van der Waals surface area contributed by atoms with E-state index in [1.165, 1.54) is 23.1 Å². The van der Waals surface area contributed by atoms with Gasteiger partial charge < -0.3 is 15.1 Å². The van der Waals surface area contributed by atoms with E-state index in [1.807, 2.05) is 6.92 Å². The Hall–Kier alpha value is -2.14. The van der Waals surface area contributed by atoms with Gasteiger partial charge in [-0.25, -0.2) is 4.98 Å². The second kappa shape index (κ2) is 7.83. The lowest BCUT2D eigenvalue weighted by molar-refractivity contribution is 0.0932. The SMILES string of the molecule is Cc1ccc(CC(C)NC(=O)c2ncoc2C2CCNCC2)c(C)c1. The number of carbonyl (C=O) groups is 1. The summed E-state index contributed by atoms with van der Waals surface area (Å²) >= 11 is 0. The Morgan fingerprint density at radius 3 is 2.84 bits per heavy atom. The zero-order valence-corrected chi connectivity index (χ0v) is 15.3. The molecule has 1 aliphatic heterocycles. The third-order valence-corrected chi connectivity index (χ3v) is 4.92.